The van der Waals surface area contributed by atoms with Crippen LogP contribution in [0.1, 0.15) is 29.6 Å². The molecule has 1 aromatic carbocycles. The van der Waals surface area contributed by atoms with Crippen LogP contribution < -0.4 is 4.74 Å². The Morgan fingerprint density at radius 3 is 2.89 bits per heavy atom. The molecule has 18 heavy (non-hydrogen) atoms. The Hall–Kier alpha value is -1.03. The zero-order valence-corrected chi connectivity index (χ0v) is 11.9. The van der Waals surface area contributed by atoms with Gasteiger partial charge in [0.1, 0.15) is 5.75 Å². The predicted octanol–water partition coefficient (Wildman–Crippen LogP) is 3.08. The molecule has 0 radical (unpaired) electrons. The maximum atomic E-state index is 12.6. The Balaban J connectivity index is 1.88. The summed E-state index contributed by atoms with van der Waals surface area (Å²) in [4.78, 5) is 14.6. The van der Waals surface area contributed by atoms with Crippen molar-refractivity contribution in [3.05, 3.63) is 28.2 Å². The fraction of sp³-hybridized carbons (Fsp3) is 0.500. The van der Waals surface area contributed by atoms with Crippen LogP contribution >= 0.6 is 15.9 Å². The molecule has 0 aromatic heterocycles. The molecular weight excluding hydrogens is 294 g/mol. The standard InChI is InChI=1S/C14H16BrNO2/c1-18-13-7-10(15)3-5-12(13)14(17)16-8-9-2-4-11(16)6-9/h3,5,7,9,11H,2,4,6,8H2,1H3. The molecule has 1 aromatic rings. The lowest BCUT2D eigenvalue weighted by Crippen LogP contribution is -2.37. The number of methoxy groups -OCH3 is 1. The van der Waals surface area contributed by atoms with Crippen molar-refractivity contribution in [3.8, 4) is 5.75 Å². The summed E-state index contributed by atoms with van der Waals surface area (Å²) in [5.74, 6) is 1.49. The number of carbonyl (C=O) groups is 1. The summed E-state index contributed by atoms with van der Waals surface area (Å²) in [6, 6.07) is 6.04. The highest BCUT2D eigenvalue weighted by Crippen LogP contribution is 2.39. The van der Waals surface area contributed by atoms with Crippen LogP contribution in [-0.4, -0.2) is 30.5 Å². The zero-order valence-electron chi connectivity index (χ0n) is 10.4. The van der Waals surface area contributed by atoms with Gasteiger partial charge in [-0.1, -0.05) is 15.9 Å². The number of rotatable bonds is 2. The van der Waals surface area contributed by atoms with Crippen molar-refractivity contribution in [1.29, 1.82) is 0 Å². The van der Waals surface area contributed by atoms with Crippen LogP contribution in [0.2, 0.25) is 0 Å². The molecule has 0 N–H and O–H groups in total. The molecule has 3 nitrogen and oxygen atoms in total. The van der Waals surface area contributed by atoms with Crippen LogP contribution in [0.15, 0.2) is 22.7 Å². The summed E-state index contributed by atoms with van der Waals surface area (Å²) >= 11 is 3.40. The number of amides is 1. The number of hydrogen-bond donors (Lipinski definition) is 0. The molecule has 1 amide bonds. The van der Waals surface area contributed by atoms with Gasteiger partial charge in [0, 0.05) is 17.1 Å². The zero-order chi connectivity index (χ0) is 12.7. The number of benzene rings is 1. The van der Waals surface area contributed by atoms with Gasteiger partial charge in [-0.3, -0.25) is 4.79 Å². The lowest BCUT2D eigenvalue weighted by atomic mass is 10.1. The van der Waals surface area contributed by atoms with E-state index in [1.165, 1.54) is 12.8 Å². The molecule has 0 spiro atoms. The first-order valence-corrected chi connectivity index (χ1v) is 7.13. The Morgan fingerprint density at radius 1 is 1.44 bits per heavy atom. The predicted molar refractivity (Wildman–Crippen MR) is 72.9 cm³/mol. The smallest absolute Gasteiger partial charge is 0.257 e. The molecule has 1 aliphatic carbocycles. The van der Waals surface area contributed by atoms with Crippen LogP contribution in [0.5, 0.6) is 5.75 Å². The van der Waals surface area contributed by atoms with E-state index in [2.05, 4.69) is 15.9 Å². The Labute approximate surface area is 115 Å². The largest absolute Gasteiger partial charge is 0.496 e. The van der Waals surface area contributed by atoms with Gasteiger partial charge >= 0.3 is 0 Å². The van der Waals surface area contributed by atoms with Crippen molar-refractivity contribution in [3.63, 3.8) is 0 Å². The third-order valence-corrected chi connectivity index (χ3v) is 4.56. The summed E-state index contributed by atoms with van der Waals surface area (Å²) < 4.78 is 6.24. The average Bonchev–Trinajstić information content (AvgIpc) is 3.00. The molecule has 2 unspecified atom stereocenters. The SMILES string of the molecule is COc1cc(Br)ccc1C(=O)N1CC2CCC1C2. The van der Waals surface area contributed by atoms with Crippen LogP contribution in [0.25, 0.3) is 0 Å². The highest BCUT2D eigenvalue weighted by Gasteiger charge is 2.40. The first-order chi connectivity index (χ1) is 8.69. The second kappa shape index (κ2) is 4.57. The molecular formula is C14H16BrNO2. The number of halogens is 1. The molecule has 1 heterocycles. The second-order valence-corrected chi connectivity index (χ2v) is 6.05. The minimum absolute atomic E-state index is 0.117. The van der Waals surface area contributed by atoms with Gasteiger partial charge in [0.05, 0.1) is 12.7 Å². The fourth-order valence-corrected chi connectivity index (χ4v) is 3.51. The van der Waals surface area contributed by atoms with Crippen molar-refractivity contribution in [2.75, 3.05) is 13.7 Å². The van der Waals surface area contributed by atoms with E-state index in [1.807, 2.05) is 23.1 Å². The topological polar surface area (TPSA) is 29.5 Å². The average molecular weight is 310 g/mol. The third-order valence-electron chi connectivity index (χ3n) is 4.06. The molecule has 96 valence electrons. The summed E-state index contributed by atoms with van der Waals surface area (Å²) in [7, 11) is 1.61. The number of nitrogens with zero attached hydrogens (tertiary/aromatic N) is 1. The maximum absolute atomic E-state index is 12.6. The number of piperidine rings is 1. The lowest BCUT2D eigenvalue weighted by molar-refractivity contribution is 0.0700. The number of hydrogen-bond acceptors (Lipinski definition) is 2. The molecule has 2 aliphatic rings. The molecule has 2 atom stereocenters. The molecule has 4 heteroatoms. The summed E-state index contributed by atoms with van der Waals surface area (Å²) in [5.41, 5.74) is 0.674. The Morgan fingerprint density at radius 2 is 2.28 bits per heavy atom. The van der Waals surface area contributed by atoms with E-state index in [0.29, 0.717) is 17.4 Å². The molecule has 1 aliphatic heterocycles. The van der Waals surface area contributed by atoms with Crippen molar-refractivity contribution < 1.29 is 9.53 Å². The van der Waals surface area contributed by atoms with E-state index in [1.54, 1.807) is 7.11 Å². The minimum atomic E-state index is 0.117. The van der Waals surface area contributed by atoms with E-state index in [4.69, 9.17) is 4.74 Å². The summed E-state index contributed by atoms with van der Waals surface area (Å²) in [6.45, 7) is 0.919. The van der Waals surface area contributed by atoms with E-state index in [0.717, 1.165) is 23.4 Å². The first kappa shape index (κ1) is 12.0. The fourth-order valence-electron chi connectivity index (χ4n) is 3.17. The number of ether oxygens (including phenoxy) is 1. The van der Waals surface area contributed by atoms with Crippen molar-refractivity contribution in [2.45, 2.75) is 25.3 Å². The third kappa shape index (κ3) is 1.92. The lowest BCUT2D eigenvalue weighted by Gasteiger charge is -2.27. The molecule has 1 saturated carbocycles. The Kier molecular flexibility index (Phi) is 3.06. The van der Waals surface area contributed by atoms with Gasteiger partial charge in [0.2, 0.25) is 0 Å². The normalized spacial score (nSPS) is 25.6. The van der Waals surface area contributed by atoms with Crippen LogP contribution in [0, 0.1) is 5.92 Å². The van der Waals surface area contributed by atoms with E-state index < -0.39 is 0 Å². The van der Waals surface area contributed by atoms with E-state index in [-0.39, 0.29) is 5.91 Å². The quantitative estimate of drug-likeness (QED) is 0.840. The van der Waals surface area contributed by atoms with Crippen LogP contribution in [0.3, 0.4) is 0 Å². The van der Waals surface area contributed by atoms with Crippen LogP contribution in [-0.2, 0) is 0 Å². The number of fused-ring (bicyclic) bond motifs is 2. The molecule has 1 saturated heterocycles. The summed E-state index contributed by atoms with van der Waals surface area (Å²) in [5, 5.41) is 0. The highest BCUT2D eigenvalue weighted by molar-refractivity contribution is 9.10. The molecule has 2 fully saturated rings. The second-order valence-electron chi connectivity index (χ2n) is 5.14. The first-order valence-electron chi connectivity index (χ1n) is 6.33. The van der Waals surface area contributed by atoms with Gasteiger partial charge in [-0.25, -0.2) is 0 Å². The number of carbonyl (C=O) groups excluding carboxylic acids is 1. The maximum Gasteiger partial charge on any atom is 0.257 e. The number of likely N-dealkylation sites (tertiary alicyclic amines) is 1. The summed E-state index contributed by atoms with van der Waals surface area (Å²) in [6.07, 6.45) is 3.63. The van der Waals surface area contributed by atoms with Crippen molar-refractivity contribution in [2.24, 2.45) is 5.92 Å². The van der Waals surface area contributed by atoms with Crippen molar-refractivity contribution >= 4 is 21.8 Å². The van der Waals surface area contributed by atoms with Crippen LogP contribution in [0.4, 0.5) is 0 Å². The monoisotopic (exact) mass is 309 g/mol. The van der Waals surface area contributed by atoms with Gasteiger partial charge < -0.3 is 9.64 Å². The molecule has 3 rings (SSSR count). The van der Waals surface area contributed by atoms with Gasteiger partial charge in [-0.05, 0) is 43.4 Å². The van der Waals surface area contributed by atoms with Gasteiger partial charge in [0.25, 0.3) is 5.91 Å². The molecule has 2 bridgehead atoms. The van der Waals surface area contributed by atoms with E-state index >= 15 is 0 Å². The van der Waals surface area contributed by atoms with Gasteiger partial charge in [-0.15, -0.1) is 0 Å². The van der Waals surface area contributed by atoms with E-state index in [9.17, 15) is 4.79 Å². The minimum Gasteiger partial charge on any atom is -0.496 e. The highest BCUT2D eigenvalue weighted by atomic mass is 79.9. The van der Waals surface area contributed by atoms with Crippen molar-refractivity contribution in [1.82, 2.24) is 4.90 Å². The van der Waals surface area contributed by atoms with Gasteiger partial charge in [-0.2, -0.15) is 0 Å². The Bertz CT molecular complexity index is 489. The van der Waals surface area contributed by atoms with Gasteiger partial charge in [0.15, 0.2) is 0 Å².